The monoisotopic (exact) mass is 409 g/mol. The number of hydrogen-bond acceptors (Lipinski definition) is 6. The normalized spacial score (nSPS) is 28.0. The van der Waals surface area contributed by atoms with Crippen LogP contribution in [0.25, 0.3) is 0 Å². The van der Waals surface area contributed by atoms with Crippen molar-refractivity contribution in [1.29, 1.82) is 0 Å². The molecule has 2 aromatic carbocycles. The number of Topliss-reactive ketones (excluding diaryl/α,β-unsaturated/α-hetero) is 1. The molecule has 0 aromatic heterocycles. The van der Waals surface area contributed by atoms with E-state index in [0.717, 1.165) is 24.0 Å². The first-order valence-electron chi connectivity index (χ1n) is 9.91. The summed E-state index contributed by atoms with van der Waals surface area (Å²) in [4.78, 5) is 36.5. The van der Waals surface area contributed by atoms with Crippen molar-refractivity contribution in [3.8, 4) is 0 Å². The van der Waals surface area contributed by atoms with Gasteiger partial charge in [0.15, 0.2) is 0 Å². The van der Waals surface area contributed by atoms with Crippen LogP contribution in [0.15, 0.2) is 48.5 Å². The standard InChI is InChI=1S/C22H23N3O5/c1-23(2)22-11-18(14-3-7-16(8-4-14)24(27)28)21(20(26)13-22)19(12-22)15-5-9-17(10-6-15)25(29)30/h3-10,18-19,21H,11-13H2,1-2H3. The molecular formula is C22H23N3O5. The average Bonchev–Trinajstić information content (AvgIpc) is 2.73. The fraction of sp³-hybridized carbons (Fsp3) is 0.409. The van der Waals surface area contributed by atoms with E-state index in [4.69, 9.17) is 0 Å². The van der Waals surface area contributed by atoms with Crippen LogP contribution < -0.4 is 0 Å². The Balaban J connectivity index is 1.75. The maximum Gasteiger partial charge on any atom is 0.269 e. The predicted octanol–water partition coefficient (Wildman–Crippen LogP) is 4.05. The molecule has 0 spiro atoms. The van der Waals surface area contributed by atoms with Crippen molar-refractivity contribution < 1.29 is 14.6 Å². The quantitative estimate of drug-likeness (QED) is 0.545. The maximum atomic E-state index is 13.2. The lowest BCUT2D eigenvalue weighted by molar-refractivity contribution is -0.385. The molecule has 2 aromatic rings. The Morgan fingerprint density at radius 3 is 1.57 bits per heavy atom. The number of carbonyl (C=O) groups is 1. The predicted molar refractivity (Wildman–Crippen MR) is 110 cm³/mol. The Labute approximate surface area is 173 Å². The highest BCUT2D eigenvalue weighted by Crippen LogP contribution is 2.58. The molecule has 0 saturated heterocycles. The zero-order chi connectivity index (χ0) is 21.6. The molecule has 3 fully saturated rings. The van der Waals surface area contributed by atoms with Crippen LogP contribution >= 0.6 is 0 Å². The number of nitro benzene ring substituents is 2. The molecule has 0 N–H and O–H groups in total. The second-order valence-electron chi connectivity index (χ2n) is 8.61. The molecule has 3 saturated carbocycles. The third-order valence-electron chi connectivity index (χ3n) is 6.95. The Kier molecular flexibility index (Phi) is 4.89. The molecule has 0 aliphatic heterocycles. The second kappa shape index (κ2) is 7.28. The zero-order valence-electron chi connectivity index (χ0n) is 16.9. The van der Waals surface area contributed by atoms with E-state index in [1.54, 1.807) is 24.3 Å². The van der Waals surface area contributed by atoms with E-state index in [0.29, 0.717) is 6.42 Å². The fourth-order valence-electron chi connectivity index (χ4n) is 5.33. The number of nitrogens with zero attached hydrogens (tertiary/aromatic N) is 3. The lowest BCUT2D eigenvalue weighted by Crippen LogP contribution is -2.59. The number of carbonyl (C=O) groups excluding carboxylic acids is 1. The Bertz CT molecular complexity index is 933. The highest BCUT2D eigenvalue weighted by Gasteiger charge is 2.56. The van der Waals surface area contributed by atoms with Gasteiger partial charge in [-0.2, -0.15) is 0 Å². The summed E-state index contributed by atoms with van der Waals surface area (Å²) in [6, 6.07) is 13.0. The van der Waals surface area contributed by atoms with Gasteiger partial charge in [0.05, 0.1) is 9.85 Å². The molecule has 3 aliphatic rings. The first-order valence-corrected chi connectivity index (χ1v) is 9.91. The summed E-state index contributed by atoms with van der Waals surface area (Å²) < 4.78 is 0. The zero-order valence-corrected chi connectivity index (χ0v) is 16.9. The molecule has 30 heavy (non-hydrogen) atoms. The Morgan fingerprint density at radius 1 is 0.833 bits per heavy atom. The van der Waals surface area contributed by atoms with Gasteiger partial charge in [0.2, 0.25) is 0 Å². The van der Waals surface area contributed by atoms with E-state index in [-0.39, 0.29) is 40.5 Å². The lowest BCUT2D eigenvalue weighted by atomic mass is 9.52. The van der Waals surface area contributed by atoms with Gasteiger partial charge >= 0.3 is 0 Å². The summed E-state index contributed by atoms with van der Waals surface area (Å²) >= 11 is 0. The topological polar surface area (TPSA) is 107 Å². The molecule has 156 valence electrons. The summed E-state index contributed by atoms with van der Waals surface area (Å²) in [5, 5.41) is 22.0. The number of rotatable bonds is 5. The van der Waals surface area contributed by atoms with Crippen LogP contribution in [0.1, 0.15) is 42.2 Å². The molecule has 2 unspecified atom stereocenters. The van der Waals surface area contributed by atoms with Crippen molar-refractivity contribution in [1.82, 2.24) is 4.90 Å². The first-order chi connectivity index (χ1) is 14.2. The summed E-state index contributed by atoms with van der Waals surface area (Å²) in [6.07, 6.45) is 2.09. The number of hydrogen-bond donors (Lipinski definition) is 0. The third kappa shape index (κ3) is 3.27. The molecule has 3 aliphatic carbocycles. The molecule has 0 radical (unpaired) electrons. The van der Waals surface area contributed by atoms with E-state index in [9.17, 15) is 25.0 Å². The highest BCUT2D eigenvalue weighted by molar-refractivity contribution is 5.87. The molecule has 2 atom stereocenters. The molecule has 0 heterocycles. The van der Waals surface area contributed by atoms with E-state index in [1.165, 1.54) is 24.3 Å². The van der Waals surface area contributed by atoms with Crippen molar-refractivity contribution in [3.63, 3.8) is 0 Å². The van der Waals surface area contributed by atoms with Gasteiger partial charge in [-0.25, -0.2) is 0 Å². The van der Waals surface area contributed by atoms with E-state index in [1.807, 2.05) is 14.1 Å². The Morgan fingerprint density at radius 2 is 1.23 bits per heavy atom. The average molecular weight is 409 g/mol. The van der Waals surface area contributed by atoms with Crippen molar-refractivity contribution >= 4 is 17.2 Å². The van der Waals surface area contributed by atoms with E-state index >= 15 is 0 Å². The molecule has 5 rings (SSSR count). The van der Waals surface area contributed by atoms with Crippen molar-refractivity contribution in [3.05, 3.63) is 79.9 Å². The summed E-state index contributed by atoms with van der Waals surface area (Å²) in [5.74, 6) is -0.158. The summed E-state index contributed by atoms with van der Waals surface area (Å²) in [7, 11) is 3.97. The first kappa shape index (κ1) is 20.2. The van der Waals surface area contributed by atoms with Gasteiger partial charge < -0.3 is 4.90 Å². The van der Waals surface area contributed by atoms with Crippen molar-refractivity contribution in [2.75, 3.05) is 14.1 Å². The van der Waals surface area contributed by atoms with Crippen LogP contribution in [0, 0.1) is 26.1 Å². The van der Waals surface area contributed by atoms with Gasteiger partial charge in [-0.3, -0.25) is 25.0 Å². The number of benzene rings is 2. The highest BCUT2D eigenvalue weighted by atomic mass is 16.6. The van der Waals surface area contributed by atoms with Gasteiger partial charge in [-0.05, 0) is 49.9 Å². The van der Waals surface area contributed by atoms with Crippen molar-refractivity contribution in [2.24, 2.45) is 5.92 Å². The van der Waals surface area contributed by atoms with Gasteiger partial charge in [0.1, 0.15) is 5.78 Å². The molecule has 8 heteroatoms. The van der Waals surface area contributed by atoms with Crippen LogP contribution in [0.5, 0.6) is 0 Å². The minimum atomic E-state index is -0.428. The van der Waals surface area contributed by atoms with E-state index in [2.05, 4.69) is 4.90 Å². The second-order valence-corrected chi connectivity index (χ2v) is 8.61. The summed E-state index contributed by atoms with van der Waals surface area (Å²) in [5.41, 5.74) is 1.61. The smallest absolute Gasteiger partial charge is 0.269 e. The third-order valence-corrected chi connectivity index (χ3v) is 6.95. The number of ketones is 1. The van der Waals surface area contributed by atoms with Crippen molar-refractivity contribution in [2.45, 2.75) is 36.6 Å². The molecular weight excluding hydrogens is 386 g/mol. The number of non-ortho nitro benzene ring substituents is 2. The largest absolute Gasteiger partial charge is 0.303 e. The van der Waals surface area contributed by atoms with Gasteiger partial charge in [-0.1, -0.05) is 24.3 Å². The summed E-state index contributed by atoms with van der Waals surface area (Å²) in [6.45, 7) is 0. The molecule has 0 amide bonds. The van der Waals surface area contributed by atoms with Crippen LogP contribution in [-0.4, -0.2) is 40.2 Å². The van der Waals surface area contributed by atoms with Gasteiger partial charge in [0.25, 0.3) is 11.4 Å². The number of nitro groups is 2. The maximum absolute atomic E-state index is 13.2. The molecule has 2 bridgehead atoms. The lowest BCUT2D eigenvalue weighted by Gasteiger charge is -2.56. The molecule has 8 nitrogen and oxygen atoms in total. The fourth-order valence-corrected chi connectivity index (χ4v) is 5.33. The SMILES string of the molecule is CN(C)C12CC(=O)C(C(c3ccc([N+](=O)[O-])cc3)C1)C(c1ccc([N+](=O)[O-])cc1)C2. The minimum absolute atomic E-state index is 0.0280. The van der Waals surface area contributed by atoms with Crippen LogP contribution in [0.2, 0.25) is 0 Å². The number of fused-ring (bicyclic) bond motifs is 3. The van der Waals surface area contributed by atoms with Crippen LogP contribution in [0.3, 0.4) is 0 Å². The van der Waals surface area contributed by atoms with Gasteiger partial charge in [-0.15, -0.1) is 0 Å². The van der Waals surface area contributed by atoms with Gasteiger partial charge in [0, 0.05) is 42.1 Å². The minimum Gasteiger partial charge on any atom is -0.303 e. The van der Waals surface area contributed by atoms with Crippen LogP contribution in [0.4, 0.5) is 11.4 Å². The van der Waals surface area contributed by atoms with Crippen LogP contribution in [-0.2, 0) is 4.79 Å². The van der Waals surface area contributed by atoms with E-state index < -0.39 is 9.85 Å². The Hall–Kier alpha value is -3.13.